The van der Waals surface area contributed by atoms with Gasteiger partial charge in [0.05, 0.1) is 10.6 Å². The first-order valence-corrected chi connectivity index (χ1v) is 8.75. The highest BCUT2D eigenvalue weighted by Gasteiger charge is 2.38. The number of aliphatic hydroxyl groups excluding tert-OH is 1. The van der Waals surface area contributed by atoms with Gasteiger partial charge in [-0.2, -0.15) is 0 Å². The van der Waals surface area contributed by atoms with Crippen LogP contribution in [0.5, 0.6) is 0 Å². The van der Waals surface area contributed by atoms with Gasteiger partial charge in [0.2, 0.25) is 0 Å². The van der Waals surface area contributed by atoms with E-state index >= 15 is 0 Å². The molecule has 25 heavy (non-hydrogen) atoms. The predicted molar refractivity (Wildman–Crippen MR) is 88.9 cm³/mol. The van der Waals surface area contributed by atoms with Gasteiger partial charge < -0.3 is 15.0 Å². The fourth-order valence-corrected chi connectivity index (χ4v) is 3.59. The Kier molecular flexibility index (Phi) is 4.21. The molecule has 0 unspecified atom stereocenters. The standard InChI is InChI=1S/C17H18ClFN4O2/c18-14-7-10(19)1-4-13(14)17(25)20-11-5-9(6-11)16-22-21-15(8-24)23(16)12-2-3-12/h1,4,7,9,11-12,24H,2-3,5-6,8H2,(H,20,25). The molecule has 0 bridgehead atoms. The molecule has 1 heterocycles. The van der Waals surface area contributed by atoms with Crippen LogP contribution < -0.4 is 5.32 Å². The van der Waals surface area contributed by atoms with E-state index in [1.165, 1.54) is 12.1 Å². The molecule has 132 valence electrons. The fourth-order valence-electron chi connectivity index (χ4n) is 3.34. The lowest BCUT2D eigenvalue weighted by atomic mass is 9.79. The predicted octanol–water partition coefficient (Wildman–Crippen LogP) is 2.57. The number of benzene rings is 1. The van der Waals surface area contributed by atoms with Crippen molar-refractivity contribution in [3.63, 3.8) is 0 Å². The topological polar surface area (TPSA) is 80.0 Å². The number of aliphatic hydroxyl groups is 1. The van der Waals surface area contributed by atoms with E-state index in [4.69, 9.17) is 11.6 Å². The summed E-state index contributed by atoms with van der Waals surface area (Å²) in [5, 5.41) is 20.8. The summed E-state index contributed by atoms with van der Waals surface area (Å²) < 4.78 is 15.1. The van der Waals surface area contributed by atoms with Crippen LogP contribution in [-0.2, 0) is 6.61 Å². The molecule has 2 aliphatic rings. The molecule has 1 aromatic carbocycles. The SMILES string of the molecule is O=C(NC1CC(c2nnc(CO)n2C2CC2)C1)c1ccc(F)cc1Cl. The third-order valence-corrected chi connectivity index (χ3v) is 5.17. The lowest BCUT2D eigenvalue weighted by Gasteiger charge is -2.35. The molecule has 1 aromatic heterocycles. The van der Waals surface area contributed by atoms with Gasteiger partial charge in [-0.25, -0.2) is 4.39 Å². The van der Waals surface area contributed by atoms with Crippen molar-refractivity contribution < 1.29 is 14.3 Å². The molecule has 2 fully saturated rings. The van der Waals surface area contributed by atoms with Crippen LogP contribution in [-0.4, -0.2) is 31.8 Å². The first-order chi connectivity index (χ1) is 12.1. The second-order valence-corrected chi connectivity index (χ2v) is 7.10. The maximum atomic E-state index is 13.1. The zero-order valence-electron chi connectivity index (χ0n) is 13.5. The maximum absolute atomic E-state index is 13.1. The summed E-state index contributed by atoms with van der Waals surface area (Å²) in [6.45, 7) is -0.112. The van der Waals surface area contributed by atoms with E-state index in [1.807, 2.05) is 0 Å². The molecule has 2 aromatic rings. The van der Waals surface area contributed by atoms with Gasteiger partial charge in [-0.15, -0.1) is 10.2 Å². The highest BCUT2D eigenvalue weighted by atomic mass is 35.5. The molecule has 2 aliphatic carbocycles. The van der Waals surface area contributed by atoms with Crippen molar-refractivity contribution in [2.75, 3.05) is 0 Å². The van der Waals surface area contributed by atoms with E-state index in [9.17, 15) is 14.3 Å². The summed E-state index contributed by atoms with van der Waals surface area (Å²) in [5.41, 5.74) is 0.273. The molecule has 0 spiro atoms. The number of hydrogen-bond acceptors (Lipinski definition) is 4. The van der Waals surface area contributed by atoms with Crippen LogP contribution in [0.4, 0.5) is 4.39 Å². The molecule has 4 rings (SSSR count). The zero-order valence-corrected chi connectivity index (χ0v) is 14.2. The molecular weight excluding hydrogens is 347 g/mol. The maximum Gasteiger partial charge on any atom is 0.253 e. The van der Waals surface area contributed by atoms with Gasteiger partial charge in [-0.1, -0.05) is 11.6 Å². The summed E-state index contributed by atoms with van der Waals surface area (Å²) in [5.74, 6) is 0.972. The number of rotatable bonds is 5. The average molecular weight is 365 g/mol. The van der Waals surface area contributed by atoms with Crippen molar-refractivity contribution in [3.05, 3.63) is 46.3 Å². The van der Waals surface area contributed by atoms with Gasteiger partial charge in [-0.3, -0.25) is 4.79 Å². The summed E-state index contributed by atoms with van der Waals surface area (Å²) in [7, 11) is 0. The van der Waals surface area contributed by atoms with Crippen LogP contribution in [0.2, 0.25) is 5.02 Å². The smallest absolute Gasteiger partial charge is 0.253 e. The Bertz CT molecular complexity index is 815. The molecule has 1 amide bonds. The lowest BCUT2D eigenvalue weighted by Crippen LogP contribution is -2.44. The molecule has 0 radical (unpaired) electrons. The Balaban J connectivity index is 1.39. The van der Waals surface area contributed by atoms with Gasteiger partial charge >= 0.3 is 0 Å². The third kappa shape index (κ3) is 3.14. The number of carbonyl (C=O) groups excluding carboxylic acids is 1. The van der Waals surface area contributed by atoms with Gasteiger partial charge in [0, 0.05) is 18.0 Å². The van der Waals surface area contributed by atoms with Crippen LogP contribution in [0.3, 0.4) is 0 Å². The minimum Gasteiger partial charge on any atom is -0.388 e. The summed E-state index contributed by atoms with van der Waals surface area (Å²) in [6, 6.07) is 4.17. The Labute approximate surface area is 149 Å². The van der Waals surface area contributed by atoms with Crippen LogP contribution in [0.1, 0.15) is 59.6 Å². The second kappa shape index (κ2) is 6.38. The van der Waals surface area contributed by atoms with Crippen LogP contribution in [0.25, 0.3) is 0 Å². The van der Waals surface area contributed by atoms with Crippen LogP contribution >= 0.6 is 11.6 Å². The molecular formula is C17H18ClFN4O2. The zero-order chi connectivity index (χ0) is 17.6. The number of nitrogens with zero attached hydrogens (tertiary/aromatic N) is 3. The molecule has 0 aliphatic heterocycles. The van der Waals surface area contributed by atoms with Crippen molar-refractivity contribution in [1.82, 2.24) is 20.1 Å². The van der Waals surface area contributed by atoms with E-state index < -0.39 is 5.82 Å². The highest BCUT2D eigenvalue weighted by molar-refractivity contribution is 6.33. The van der Waals surface area contributed by atoms with Crippen LogP contribution in [0, 0.1) is 5.82 Å². The lowest BCUT2D eigenvalue weighted by molar-refractivity contribution is 0.0906. The monoisotopic (exact) mass is 364 g/mol. The number of hydrogen-bond donors (Lipinski definition) is 2. The minimum atomic E-state index is -0.468. The Morgan fingerprint density at radius 2 is 2.12 bits per heavy atom. The van der Waals surface area contributed by atoms with Crippen molar-refractivity contribution in [3.8, 4) is 0 Å². The van der Waals surface area contributed by atoms with Crippen LogP contribution in [0.15, 0.2) is 18.2 Å². The molecule has 2 saturated carbocycles. The normalized spacial score (nSPS) is 22.5. The van der Waals surface area contributed by atoms with Crippen molar-refractivity contribution in [2.24, 2.45) is 0 Å². The molecule has 0 atom stereocenters. The van der Waals surface area contributed by atoms with Crippen molar-refractivity contribution >= 4 is 17.5 Å². The average Bonchev–Trinajstić information content (AvgIpc) is 3.29. The number of carbonyl (C=O) groups is 1. The summed E-state index contributed by atoms with van der Waals surface area (Å²) in [4.78, 5) is 12.3. The number of aromatic nitrogens is 3. The van der Waals surface area contributed by atoms with Gasteiger partial charge in [-0.05, 0) is 43.9 Å². The minimum absolute atomic E-state index is 0.0283. The number of nitrogens with one attached hydrogen (secondary N) is 1. The number of amides is 1. The van der Waals surface area contributed by atoms with E-state index in [0.717, 1.165) is 37.6 Å². The molecule has 6 nitrogen and oxygen atoms in total. The van der Waals surface area contributed by atoms with Crippen molar-refractivity contribution in [1.29, 1.82) is 0 Å². The summed E-state index contributed by atoms with van der Waals surface area (Å²) in [6.07, 6.45) is 3.71. The van der Waals surface area contributed by atoms with E-state index in [1.54, 1.807) is 0 Å². The molecule has 0 saturated heterocycles. The van der Waals surface area contributed by atoms with Gasteiger partial charge in [0.15, 0.2) is 5.82 Å². The van der Waals surface area contributed by atoms with Gasteiger partial charge in [0.25, 0.3) is 5.91 Å². The van der Waals surface area contributed by atoms with E-state index in [0.29, 0.717) is 11.9 Å². The fraction of sp³-hybridized carbons (Fsp3) is 0.471. The Morgan fingerprint density at radius 1 is 1.36 bits per heavy atom. The van der Waals surface area contributed by atoms with E-state index in [2.05, 4.69) is 20.1 Å². The Morgan fingerprint density at radius 3 is 2.76 bits per heavy atom. The first-order valence-electron chi connectivity index (χ1n) is 8.37. The van der Waals surface area contributed by atoms with Gasteiger partial charge in [0.1, 0.15) is 18.2 Å². The first kappa shape index (κ1) is 16.5. The Hall–Kier alpha value is -1.99. The second-order valence-electron chi connectivity index (χ2n) is 6.70. The number of halogens is 2. The molecule has 8 heteroatoms. The quantitative estimate of drug-likeness (QED) is 0.854. The van der Waals surface area contributed by atoms with E-state index in [-0.39, 0.29) is 35.1 Å². The third-order valence-electron chi connectivity index (χ3n) is 4.86. The largest absolute Gasteiger partial charge is 0.388 e. The highest BCUT2D eigenvalue weighted by Crippen LogP contribution is 2.42. The summed E-state index contributed by atoms with van der Waals surface area (Å²) >= 11 is 5.93. The van der Waals surface area contributed by atoms with Crippen molar-refractivity contribution in [2.45, 2.75) is 50.3 Å². The molecule has 2 N–H and O–H groups in total.